The molecule has 2 heterocycles. The summed E-state index contributed by atoms with van der Waals surface area (Å²) in [6.07, 6.45) is 0. The molecule has 2 aromatic heterocycles. The standard InChI is InChI=1S/C16H13N5O2S/c1-9-17-12-3-2-4-13(16(12)18-9)19-15(22)8-23-10-5-6-11-14(7-10)21-24-20-11/h2-7H,8H2,1H3,(H,17,18)(H,19,22). The van der Waals surface area contributed by atoms with E-state index in [1.54, 1.807) is 12.1 Å². The third-order valence-corrected chi connectivity index (χ3v) is 4.06. The molecule has 24 heavy (non-hydrogen) atoms. The van der Waals surface area contributed by atoms with E-state index in [2.05, 4.69) is 24.0 Å². The van der Waals surface area contributed by atoms with E-state index >= 15 is 0 Å². The van der Waals surface area contributed by atoms with Crippen LogP contribution >= 0.6 is 11.7 Å². The van der Waals surface area contributed by atoms with Crippen LogP contribution in [0.25, 0.3) is 22.1 Å². The number of rotatable bonds is 4. The molecule has 120 valence electrons. The average Bonchev–Trinajstić information content (AvgIpc) is 3.18. The summed E-state index contributed by atoms with van der Waals surface area (Å²) in [5.74, 6) is 1.13. The van der Waals surface area contributed by atoms with Crippen molar-refractivity contribution in [1.82, 2.24) is 18.7 Å². The van der Waals surface area contributed by atoms with Crippen molar-refractivity contribution in [1.29, 1.82) is 0 Å². The van der Waals surface area contributed by atoms with Crippen LogP contribution in [-0.4, -0.2) is 31.2 Å². The predicted octanol–water partition coefficient (Wildman–Crippen LogP) is 2.89. The van der Waals surface area contributed by atoms with Gasteiger partial charge in [-0.25, -0.2) is 4.98 Å². The van der Waals surface area contributed by atoms with Gasteiger partial charge in [0.2, 0.25) is 0 Å². The lowest BCUT2D eigenvalue weighted by Gasteiger charge is -2.08. The minimum absolute atomic E-state index is 0.0944. The Kier molecular flexibility index (Phi) is 3.58. The minimum atomic E-state index is -0.250. The zero-order valence-corrected chi connectivity index (χ0v) is 13.6. The highest BCUT2D eigenvalue weighted by atomic mass is 32.1. The summed E-state index contributed by atoms with van der Waals surface area (Å²) < 4.78 is 13.8. The Morgan fingerprint density at radius 3 is 3.04 bits per heavy atom. The molecular formula is C16H13N5O2S. The number of hydrogen-bond acceptors (Lipinski definition) is 6. The van der Waals surface area contributed by atoms with E-state index < -0.39 is 0 Å². The maximum absolute atomic E-state index is 12.1. The van der Waals surface area contributed by atoms with Gasteiger partial charge in [0.15, 0.2) is 6.61 Å². The van der Waals surface area contributed by atoms with E-state index in [1.807, 2.05) is 31.2 Å². The third-order valence-electron chi connectivity index (χ3n) is 3.50. The molecule has 4 rings (SSSR count). The number of ether oxygens (including phenoxy) is 1. The maximum Gasteiger partial charge on any atom is 0.262 e. The zero-order chi connectivity index (χ0) is 16.5. The van der Waals surface area contributed by atoms with E-state index in [9.17, 15) is 4.79 Å². The lowest BCUT2D eigenvalue weighted by molar-refractivity contribution is -0.118. The number of fused-ring (bicyclic) bond motifs is 2. The van der Waals surface area contributed by atoms with Crippen LogP contribution in [0.15, 0.2) is 36.4 Å². The average molecular weight is 339 g/mol. The third kappa shape index (κ3) is 2.79. The van der Waals surface area contributed by atoms with Gasteiger partial charge in [-0.3, -0.25) is 4.79 Å². The normalized spacial score (nSPS) is 11.0. The molecule has 0 bridgehead atoms. The Morgan fingerprint density at radius 1 is 1.25 bits per heavy atom. The maximum atomic E-state index is 12.1. The predicted molar refractivity (Wildman–Crippen MR) is 92.4 cm³/mol. The van der Waals surface area contributed by atoms with Gasteiger partial charge in [0, 0.05) is 6.07 Å². The smallest absolute Gasteiger partial charge is 0.262 e. The van der Waals surface area contributed by atoms with Crippen molar-refractivity contribution in [2.24, 2.45) is 0 Å². The largest absolute Gasteiger partial charge is 0.484 e. The number of H-pyrrole nitrogens is 1. The fraction of sp³-hybridized carbons (Fsp3) is 0.125. The fourth-order valence-corrected chi connectivity index (χ4v) is 2.96. The van der Waals surface area contributed by atoms with Gasteiger partial charge >= 0.3 is 0 Å². The molecule has 4 aromatic rings. The molecule has 8 heteroatoms. The molecule has 0 saturated heterocycles. The van der Waals surface area contributed by atoms with Crippen molar-refractivity contribution in [2.75, 3.05) is 11.9 Å². The second kappa shape index (κ2) is 5.89. The minimum Gasteiger partial charge on any atom is -0.484 e. The molecule has 0 saturated carbocycles. The monoisotopic (exact) mass is 339 g/mol. The first kappa shape index (κ1) is 14.6. The summed E-state index contributed by atoms with van der Waals surface area (Å²) in [6.45, 7) is 1.78. The van der Waals surface area contributed by atoms with Crippen molar-refractivity contribution in [3.63, 3.8) is 0 Å². The van der Waals surface area contributed by atoms with E-state index in [0.717, 1.165) is 39.6 Å². The van der Waals surface area contributed by atoms with Gasteiger partial charge in [0.1, 0.15) is 28.1 Å². The molecule has 7 nitrogen and oxygen atoms in total. The van der Waals surface area contributed by atoms with E-state index in [4.69, 9.17) is 4.74 Å². The van der Waals surface area contributed by atoms with Crippen molar-refractivity contribution >= 4 is 45.4 Å². The summed E-state index contributed by atoms with van der Waals surface area (Å²) in [4.78, 5) is 19.7. The molecule has 1 amide bonds. The summed E-state index contributed by atoms with van der Waals surface area (Å²) in [5, 5.41) is 2.83. The number of anilines is 1. The zero-order valence-electron chi connectivity index (χ0n) is 12.7. The van der Waals surface area contributed by atoms with Crippen LogP contribution in [-0.2, 0) is 4.79 Å². The van der Waals surface area contributed by atoms with Gasteiger partial charge in [-0.2, -0.15) is 8.75 Å². The molecule has 0 atom stereocenters. The first-order valence-corrected chi connectivity index (χ1v) is 8.02. The first-order chi connectivity index (χ1) is 11.7. The number of nitrogens with zero attached hydrogens (tertiary/aromatic N) is 3. The molecule has 0 aliphatic rings. The Labute approximate surface area is 141 Å². The van der Waals surface area contributed by atoms with Crippen LogP contribution in [0, 0.1) is 6.92 Å². The number of amides is 1. The molecule has 0 fully saturated rings. The van der Waals surface area contributed by atoms with E-state index in [0.29, 0.717) is 11.4 Å². The van der Waals surface area contributed by atoms with Gasteiger partial charge in [-0.1, -0.05) is 6.07 Å². The fourth-order valence-electron chi connectivity index (χ4n) is 2.44. The Bertz CT molecular complexity index is 1040. The van der Waals surface area contributed by atoms with Crippen LogP contribution in [0.2, 0.25) is 0 Å². The number of para-hydroxylation sites is 1. The number of aromatic nitrogens is 4. The highest BCUT2D eigenvalue weighted by molar-refractivity contribution is 7.00. The van der Waals surface area contributed by atoms with Crippen molar-refractivity contribution in [3.05, 3.63) is 42.2 Å². The quantitative estimate of drug-likeness (QED) is 0.596. The molecule has 0 aliphatic heterocycles. The molecule has 0 radical (unpaired) electrons. The van der Waals surface area contributed by atoms with Gasteiger partial charge in [0.25, 0.3) is 5.91 Å². The van der Waals surface area contributed by atoms with Crippen LogP contribution in [0.3, 0.4) is 0 Å². The highest BCUT2D eigenvalue weighted by Crippen LogP contribution is 2.21. The summed E-state index contributed by atoms with van der Waals surface area (Å²) in [5.41, 5.74) is 3.85. The Balaban J connectivity index is 1.46. The lowest BCUT2D eigenvalue weighted by Crippen LogP contribution is -2.20. The number of carbonyl (C=O) groups excluding carboxylic acids is 1. The first-order valence-electron chi connectivity index (χ1n) is 7.29. The Hall–Kier alpha value is -3.00. The van der Waals surface area contributed by atoms with Crippen molar-refractivity contribution in [2.45, 2.75) is 6.92 Å². The van der Waals surface area contributed by atoms with Gasteiger partial charge in [-0.15, -0.1) is 0 Å². The second-order valence-electron chi connectivity index (χ2n) is 5.28. The number of carbonyl (C=O) groups is 1. The number of hydrogen-bond donors (Lipinski definition) is 2. The van der Waals surface area contributed by atoms with Crippen molar-refractivity contribution in [3.8, 4) is 5.75 Å². The van der Waals surface area contributed by atoms with E-state index in [1.165, 1.54) is 0 Å². The number of benzene rings is 2. The summed E-state index contributed by atoms with van der Waals surface area (Å²) in [7, 11) is 0. The second-order valence-corrected chi connectivity index (χ2v) is 5.80. The summed E-state index contributed by atoms with van der Waals surface area (Å²) >= 11 is 1.15. The summed E-state index contributed by atoms with van der Waals surface area (Å²) in [6, 6.07) is 10.9. The Morgan fingerprint density at radius 2 is 2.12 bits per heavy atom. The van der Waals surface area contributed by atoms with E-state index in [-0.39, 0.29) is 12.5 Å². The number of aryl methyl sites for hydroxylation is 1. The number of nitrogens with one attached hydrogen (secondary N) is 2. The van der Waals surface area contributed by atoms with Crippen molar-refractivity contribution < 1.29 is 9.53 Å². The molecule has 0 spiro atoms. The molecule has 0 aliphatic carbocycles. The lowest BCUT2D eigenvalue weighted by atomic mass is 10.2. The highest BCUT2D eigenvalue weighted by Gasteiger charge is 2.10. The molecular weight excluding hydrogens is 326 g/mol. The van der Waals surface area contributed by atoms with Crippen LogP contribution in [0.4, 0.5) is 5.69 Å². The number of imidazole rings is 1. The molecule has 2 aromatic carbocycles. The SMILES string of the molecule is Cc1nc2c(NC(=O)COc3ccc4nsnc4c3)cccc2[nH]1. The van der Waals surface area contributed by atoms with Gasteiger partial charge in [0.05, 0.1) is 22.9 Å². The molecule has 2 N–H and O–H groups in total. The topological polar surface area (TPSA) is 92.8 Å². The number of aromatic amines is 1. The van der Waals surface area contributed by atoms with Crippen LogP contribution < -0.4 is 10.1 Å². The van der Waals surface area contributed by atoms with Gasteiger partial charge < -0.3 is 15.0 Å². The van der Waals surface area contributed by atoms with Crippen LogP contribution in [0.5, 0.6) is 5.75 Å². The van der Waals surface area contributed by atoms with Gasteiger partial charge in [-0.05, 0) is 31.2 Å². The molecule has 0 unspecified atom stereocenters. The van der Waals surface area contributed by atoms with Crippen LogP contribution in [0.1, 0.15) is 5.82 Å².